The largest absolute Gasteiger partial charge is 0.480 e. The molecule has 6 heteroatoms. The Morgan fingerprint density at radius 2 is 1.71 bits per heavy atom. The second kappa shape index (κ2) is 7.78. The summed E-state index contributed by atoms with van der Waals surface area (Å²) >= 11 is 5.73. The first-order chi connectivity index (χ1) is 9.81. The quantitative estimate of drug-likeness (QED) is 0.758. The van der Waals surface area contributed by atoms with Gasteiger partial charge in [-0.25, -0.2) is 4.79 Å². The minimum atomic E-state index is -1.08. The van der Waals surface area contributed by atoms with Gasteiger partial charge in [0.05, 0.1) is 0 Å². The third-order valence-electron chi connectivity index (χ3n) is 2.99. The number of benzene rings is 1. The van der Waals surface area contributed by atoms with Gasteiger partial charge in [0, 0.05) is 23.4 Å². The van der Waals surface area contributed by atoms with Crippen LogP contribution in [0, 0.1) is 5.92 Å². The van der Waals surface area contributed by atoms with E-state index in [-0.39, 0.29) is 24.5 Å². The summed E-state index contributed by atoms with van der Waals surface area (Å²) < 4.78 is 0. The Hall–Kier alpha value is -1.88. The standard InChI is InChI=1S/C15H18ClNO4/c1-9(2)14(15(20)21)17-13(19)8-7-12(18)10-3-5-11(16)6-4-10/h3-6,9,14H,7-8H2,1-2H3,(H,17,19)(H,20,21). The molecule has 1 unspecified atom stereocenters. The molecule has 0 aliphatic rings. The third kappa shape index (κ3) is 5.55. The smallest absolute Gasteiger partial charge is 0.326 e. The van der Waals surface area contributed by atoms with Gasteiger partial charge >= 0.3 is 5.97 Å². The normalized spacial score (nSPS) is 12.0. The maximum atomic E-state index is 11.9. The van der Waals surface area contributed by atoms with Crippen LogP contribution in [0.2, 0.25) is 5.02 Å². The molecule has 0 aromatic heterocycles. The zero-order chi connectivity index (χ0) is 16.0. The van der Waals surface area contributed by atoms with Gasteiger partial charge in [-0.3, -0.25) is 9.59 Å². The molecule has 1 aromatic carbocycles. The van der Waals surface area contributed by atoms with Gasteiger partial charge < -0.3 is 10.4 Å². The zero-order valence-corrected chi connectivity index (χ0v) is 12.7. The van der Waals surface area contributed by atoms with Gasteiger partial charge in [0.25, 0.3) is 0 Å². The number of amides is 1. The van der Waals surface area contributed by atoms with Crippen LogP contribution < -0.4 is 5.32 Å². The van der Waals surface area contributed by atoms with Crippen molar-refractivity contribution < 1.29 is 19.5 Å². The first-order valence-corrected chi connectivity index (χ1v) is 7.00. The molecule has 21 heavy (non-hydrogen) atoms. The summed E-state index contributed by atoms with van der Waals surface area (Å²) in [5.74, 6) is -1.93. The van der Waals surface area contributed by atoms with E-state index in [0.717, 1.165) is 0 Å². The monoisotopic (exact) mass is 311 g/mol. The van der Waals surface area contributed by atoms with Gasteiger partial charge in [0.1, 0.15) is 6.04 Å². The van der Waals surface area contributed by atoms with Crippen molar-refractivity contribution in [3.8, 4) is 0 Å². The maximum absolute atomic E-state index is 11.9. The molecule has 2 N–H and O–H groups in total. The highest BCUT2D eigenvalue weighted by atomic mass is 35.5. The van der Waals surface area contributed by atoms with E-state index in [1.54, 1.807) is 38.1 Å². The van der Waals surface area contributed by atoms with Crippen molar-refractivity contribution in [1.82, 2.24) is 5.32 Å². The van der Waals surface area contributed by atoms with Crippen molar-refractivity contribution in [2.45, 2.75) is 32.7 Å². The van der Waals surface area contributed by atoms with E-state index in [1.165, 1.54) is 0 Å². The molecular weight excluding hydrogens is 294 g/mol. The van der Waals surface area contributed by atoms with Gasteiger partial charge in [-0.2, -0.15) is 0 Å². The number of carboxylic acid groups (broad SMARTS) is 1. The highest BCUT2D eigenvalue weighted by Gasteiger charge is 2.23. The molecule has 0 saturated heterocycles. The predicted octanol–water partition coefficient (Wildman–Crippen LogP) is 2.53. The lowest BCUT2D eigenvalue weighted by Crippen LogP contribution is -2.44. The number of ketones is 1. The molecular formula is C15H18ClNO4. The Kier molecular flexibility index (Phi) is 6.37. The number of aliphatic carboxylic acids is 1. The lowest BCUT2D eigenvalue weighted by molar-refractivity contribution is -0.143. The number of nitrogens with one attached hydrogen (secondary N) is 1. The molecule has 1 atom stereocenters. The first kappa shape index (κ1) is 17.2. The molecule has 0 saturated carbocycles. The topological polar surface area (TPSA) is 83.5 Å². The summed E-state index contributed by atoms with van der Waals surface area (Å²) in [6.45, 7) is 3.41. The Balaban J connectivity index is 2.51. The van der Waals surface area contributed by atoms with E-state index in [1.807, 2.05) is 0 Å². The van der Waals surface area contributed by atoms with Gasteiger partial charge in [0.15, 0.2) is 5.78 Å². The molecule has 1 aromatic rings. The average molecular weight is 312 g/mol. The summed E-state index contributed by atoms with van der Waals surface area (Å²) in [6.07, 6.45) is -0.0180. The molecule has 0 radical (unpaired) electrons. The molecule has 0 aliphatic carbocycles. The van der Waals surface area contributed by atoms with Crippen LogP contribution in [0.15, 0.2) is 24.3 Å². The second-order valence-electron chi connectivity index (χ2n) is 5.06. The van der Waals surface area contributed by atoms with Crippen molar-refractivity contribution in [3.05, 3.63) is 34.9 Å². The molecule has 114 valence electrons. The molecule has 1 amide bonds. The maximum Gasteiger partial charge on any atom is 0.326 e. The Labute approximate surface area is 128 Å². The number of halogens is 1. The summed E-state index contributed by atoms with van der Waals surface area (Å²) in [6, 6.07) is 5.46. The van der Waals surface area contributed by atoms with Crippen LogP contribution in [0.3, 0.4) is 0 Å². The lowest BCUT2D eigenvalue weighted by atomic mass is 10.0. The molecule has 0 spiro atoms. The van der Waals surface area contributed by atoms with E-state index < -0.39 is 17.9 Å². The molecule has 0 heterocycles. The number of rotatable bonds is 7. The highest BCUT2D eigenvalue weighted by molar-refractivity contribution is 6.30. The summed E-state index contributed by atoms with van der Waals surface area (Å²) in [7, 11) is 0. The van der Waals surface area contributed by atoms with Crippen LogP contribution in [0.25, 0.3) is 0 Å². The van der Waals surface area contributed by atoms with Crippen molar-refractivity contribution in [2.24, 2.45) is 5.92 Å². The van der Waals surface area contributed by atoms with Crippen molar-refractivity contribution in [2.75, 3.05) is 0 Å². The van der Waals surface area contributed by atoms with E-state index in [4.69, 9.17) is 16.7 Å². The zero-order valence-electron chi connectivity index (χ0n) is 11.9. The minimum absolute atomic E-state index is 0.0257. The van der Waals surface area contributed by atoms with Crippen LogP contribution in [-0.4, -0.2) is 28.8 Å². The Morgan fingerprint density at radius 3 is 2.19 bits per heavy atom. The van der Waals surface area contributed by atoms with E-state index in [2.05, 4.69) is 5.32 Å². The fourth-order valence-electron chi connectivity index (χ4n) is 1.77. The minimum Gasteiger partial charge on any atom is -0.480 e. The summed E-state index contributed by atoms with van der Waals surface area (Å²) in [4.78, 5) is 34.6. The van der Waals surface area contributed by atoms with Crippen LogP contribution >= 0.6 is 11.6 Å². The van der Waals surface area contributed by atoms with Gasteiger partial charge in [-0.15, -0.1) is 0 Å². The number of hydrogen-bond donors (Lipinski definition) is 2. The number of Topliss-reactive ketones (excluding diaryl/α,β-unsaturated/α-hetero) is 1. The molecule has 0 bridgehead atoms. The fourth-order valence-corrected chi connectivity index (χ4v) is 1.89. The number of carbonyl (C=O) groups excluding carboxylic acids is 2. The van der Waals surface area contributed by atoms with Gasteiger partial charge in [-0.1, -0.05) is 25.4 Å². The van der Waals surface area contributed by atoms with Gasteiger partial charge in [0.2, 0.25) is 5.91 Å². The number of hydrogen-bond acceptors (Lipinski definition) is 3. The third-order valence-corrected chi connectivity index (χ3v) is 3.25. The highest BCUT2D eigenvalue weighted by Crippen LogP contribution is 2.12. The van der Waals surface area contributed by atoms with Crippen LogP contribution in [0.5, 0.6) is 0 Å². The van der Waals surface area contributed by atoms with Gasteiger partial charge in [-0.05, 0) is 30.2 Å². The molecule has 5 nitrogen and oxygen atoms in total. The van der Waals surface area contributed by atoms with Crippen LogP contribution in [0.4, 0.5) is 0 Å². The van der Waals surface area contributed by atoms with Crippen molar-refractivity contribution in [3.63, 3.8) is 0 Å². The number of carbonyl (C=O) groups is 3. The molecule has 0 aliphatic heterocycles. The summed E-state index contributed by atoms with van der Waals surface area (Å²) in [5.41, 5.74) is 0.478. The average Bonchev–Trinajstić information content (AvgIpc) is 2.42. The second-order valence-corrected chi connectivity index (χ2v) is 5.49. The van der Waals surface area contributed by atoms with E-state index >= 15 is 0 Å². The molecule has 1 rings (SSSR count). The predicted molar refractivity (Wildman–Crippen MR) is 79.4 cm³/mol. The molecule has 0 fully saturated rings. The van der Waals surface area contributed by atoms with Crippen LogP contribution in [0.1, 0.15) is 37.0 Å². The van der Waals surface area contributed by atoms with E-state index in [9.17, 15) is 14.4 Å². The number of carboxylic acids is 1. The van der Waals surface area contributed by atoms with E-state index in [0.29, 0.717) is 10.6 Å². The fraction of sp³-hybridized carbons (Fsp3) is 0.400. The van der Waals surface area contributed by atoms with Crippen molar-refractivity contribution in [1.29, 1.82) is 0 Å². The first-order valence-electron chi connectivity index (χ1n) is 6.62. The van der Waals surface area contributed by atoms with Crippen molar-refractivity contribution >= 4 is 29.3 Å². The Bertz CT molecular complexity index is 525. The summed E-state index contributed by atoms with van der Waals surface area (Å²) in [5, 5.41) is 11.9. The Morgan fingerprint density at radius 1 is 1.14 bits per heavy atom. The lowest BCUT2D eigenvalue weighted by Gasteiger charge is -2.17. The SMILES string of the molecule is CC(C)C(NC(=O)CCC(=O)c1ccc(Cl)cc1)C(=O)O. The van der Waals surface area contributed by atoms with Crippen LogP contribution in [-0.2, 0) is 9.59 Å².